The molecule has 0 atom stereocenters. The molecule has 0 heterocycles. The summed E-state index contributed by atoms with van der Waals surface area (Å²) in [6.07, 6.45) is 0. The van der Waals surface area contributed by atoms with Crippen LogP contribution in [0.25, 0.3) is 0 Å². The van der Waals surface area contributed by atoms with Crippen LogP contribution in [-0.4, -0.2) is 32.6 Å². The first-order chi connectivity index (χ1) is 12.3. The van der Waals surface area contributed by atoms with E-state index in [1.165, 1.54) is 14.2 Å². The number of carbonyl (C=O) groups excluding carboxylic acids is 2. The quantitative estimate of drug-likeness (QED) is 0.826. The van der Waals surface area contributed by atoms with Gasteiger partial charge in [-0.15, -0.1) is 0 Å². The molecule has 0 radical (unpaired) electrons. The maximum absolute atomic E-state index is 13.6. The number of nitrogens with one attached hydrogen (secondary N) is 2. The van der Waals surface area contributed by atoms with Crippen molar-refractivity contribution >= 4 is 17.5 Å². The van der Waals surface area contributed by atoms with Gasteiger partial charge in [0.05, 0.1) is 26.3 Å². The predicted molar refractivity (Wildman–Crippen MR) is 91.6 cm³/mol. The highest BCUT2D eigenvalue weighted by atomic mass is 19.1. The minimum absolute atomic E-state index is 0.346. The molecule has 0 saturated heterocycles. The van der Waals surface area contributed by atoms with E-state index in [4.69, 9.17) is 9.47 Å². The van der Waals surface area contributed by atoms with Gasteiger partial charge in [-0.2, -0.15) is 0 Å². The fraction of sp³-hybridized carbons (Fsp3) is 0.222. The minimum Gasteiger partial charge on any atom is -0.493 e. The van der Waals surface area contributed by atoms with Gasteiger partial charge in [0.2, 0.25) is 5.91 Å². The van der Waals surface area contributed by atoms with Crippen molar-refractivity contribution in [2.75, 3.05) is 26.1 Å². The standard InChI is InChI=1S/C18H18F2N2O4/c1-10-6-15(25-2)16(26-3)8-14(10)22-17(23)9-21-18(24)12-5-4-11(19)7-13(12)20/h4-8H,9H2,1-3H3,(H,21,24)(H,22,23). The molecule has 0 aliphatic heterocycles. The first-order valence-corrected chi connectivity index (χ1v) is 7.61. The number of aryl methyl sites for hydroxylation is 1. The monoisotopic (exact) mass is 364 g/mol. The van der Waals surface area contributed by atoms with Crippen molar-refractivity contribution in [2.24, 2.45) is 0 Å². The van der Waals surface area contributed by atoms with Crippen molar-refractivity contribution in [3.05, 3.63) is 53.1 Å². The number of benzene rings is 2. The lowest BCUT2D eigenvalue weighted by atomic mass is 10.1. The number of methoxy groups -OCH3 is 2. The Morgan fingerprint density at radius 2 is 1.69 bits per heavy atom. The topological polar surface area (TPSA) is 76.7 Å². The minimum atomic E-state index is -1.00. The highest BCUT2D eigenvalue weighted by Crippen LogP contribution is 2.32. The Hall–Kier alpha value is -3.16. The first-order valence-electron chi connectivity index (χ1n) is 7.61. The molecule has 0 aliphatic carbocycles. The van der Waals surface area contributed by atoms with Crippen LogP contribution in [0.2, 0.25) is 0 Å². The van der Waals surface area contributed by atoms with Crippen LogP contribution in [0.15, 0.2) is 30.3 Å². The summed E-state index contributed by atoms with van der Waals surface area (Å²) in [5.41, 5.74) is 0.864. The molecule has 2 aromatic carbocycles. The Morgan fingerprint density at radius 1 is 1.04 bits per heavy atom. The second kappa shape index (κ2) is 8.28. The van der Waals surface area contributed by atoms with Gasteiger partial charge in [-0.25, -0.2) is 8.78 Å². The second-order valence-corrected chi connectivity index (χ2v) is 5.38. The number of hydrogen-bond acceptors (Lipinski definition) is 4. The van der Waals surface area contributed by atoms with E-state index in [0.29, 0.717) is 23.3 Å². The Labute approximate surface area is 149 Å². The Balaban J connectivity index is 2.02. The van der Waals surface area contributed by atoms with Gasteiger partial charge in [-0.3, -0.25) is 9.59 Å². The Bertz CT molecular complexity index is 840. The number of anilines is 1. The Morgan fingerprint density at radius 3 is 2.31 bits per heavy atom. The lowest BCUT2D eigenvalue weighted by Gasteiger charge is -2.14. The maximum Gasteiger partial charge on any atom is 0.254 e. The van der Waals surface area contributed by atoms with Crippen molar-refractivity contribution in [2.45, 2.75) is 6.92 Å². The summed E-state index contributed by atoms with van der Waals surface area (Å²) in [6.45, 7) is 1.38. The van der Waals surface area contributed by atoms with Gasteiger partial charge in [-0.05, 0) is 30.7 Å². The lowest BCUT2D eigenvalue weighted by Crippen LogP contribution is -2.33. The number of carbonyl (C=O) groups is 2. The summed E-state index contributed by atoms with van der Waals surface area (Å²) in [5.74, 6) is -2.17. The van der Waals surface area contributed by atoms with Crippen LogP contribution >= 0.6 is 0 Å². The van der Waals surface area contributed by atoms with Crippen molar-refractivity contribution < 1.29 is 27.8 Å². The highest BCUT2D eigenvalue weighted by molar-refractivity contribution is 5.99. The fourth-order valence-corrected chi connectivity index (χ4v) is 2.24. The zero-order chi connectivity index (χ0) is 19.3. The lowest BCUT2D eigenvalue weighted by molar-refractivity contribution is -0.115. The summed E-state index contributed by atoms with van der Waals surface area (Å²) in [7, 11) is 2.97. The number of hydrogen-bond donors (Lipinski definition) is 2. The number of ether oxygens (including phenoxy) is 2. The summed E-state index contributed by atoms with van der Waals surface area (Å²) < 4.78 is 36.8. The summed E-state index contributed by atoms with van der Waals surface area (Å²) >= 11 is 0. The molecule has 6 nitrogen and oxygen atoms in total. The van der Waals surface area contributed by atoms with E-state index in [2.05, 4.69) is 10.6 Å². The molecule has 2 rings (SSSR count). The van der Waals surface area contributed by atoms with E-state index in [1.54, 1.807) is 19.1 Å². The molecule has 0 aromatic heterocycles. The van der Waals surface area contributed by atoms with E-state index in [1.807, 2.05) is 0 Å². The molecule has 0 fully saturated rings. The van der Waals surface area contributed by atoms with Crippen LogP contribution in [0.4, 0.5) is 14.5 Å². The zero-order valence-corrected chi connectivity index (χ0v) is 14.5. The van der Waals surface area contributed by atoms with E-state index in [9.17, 15) is 18.4 Å². The maximum atomic E-state index is 13.6. The second-order valence-electron chi connectivity index (χ2n) is 5.38. The molecule has 0 aliphatic rings. The van der Waals surface area contributed by atoms with Gasteiger partial charge in [0.15, 0.2) is 11.5 Å². The molecular weight excluding hydrogens is 346 g/mol. The van der Waals surface area contributed by atoms with Crippen molar-refractivity contribution in [1.29, 1.82) is 0 Å². The third-order valence-corrected chi connectivity index (χ3v) is 3.59. The van der Waals surface area contributed by atoms with E-state index < -0.39 is 23.4 Å². The number of halogens is 2. The third-order valence-electron chi connectivity index (χ3n) is 3.59. The molecule has 26 heavy (non-hydrogen) atoms. The van der Waals surface area contributed by atoms with E-state index >= 15 is 0 Å². The van der Waals surface area contributed by atoms with Gasteiger partial charge in [0.25, 0.3) is 5.91 Å². The van der Waals surface area contributed by atoms with Crippen LogP contribution < -0.4 is 20.1 Å². The predicted octanol–water partition coefficient (Wildman–Crippen LogP) is 2.66. The van der Waals surface area contributed by atoms with Crippen LogP contribution in [0.3, 0.4) is 0 Å². The average molecular weight is 364 g/mol. The average Bonchev–Trinajstić information content (AvgIpc) is 2.61. The molecule has 2 aromatic rings. The van der Waals surface area contributed by atoms with Gasteiger partial charge >= 0.3 is 0 Å². The smallest absolute Gasteiger partial charge is 0.254 e. The first kappa shape index (κ1) is 19.2. The van der Waals surface area contributed by atoms with Crippen LogP contribution in [0, 0.1) is 18.6 Å². The Kier molecular flexibility index (Phi) is 6.11. The molecule has 0 bridgehead atoms. The van der Waals surface area contributed by atoms with Crippen molar-refractivity contribution in [3.63, 3.8) is 0 Å². The SMILES string of the molecule is COc1cc(C)c(NC(=O)CNC(=O)c2ccc(F)cc2F)cc1OC. The van der Waals surface area contributed by atoms with Crippen LogP contribution in [-0.2, 0) is 4.79 Å². The van der Waals surface area contributed by atoms with Gasteiger partial charge in [0, 0.05) is 17.8 Å². The summed E-state index contributed by atoms with van der Waals surface area (Å²) in [5, 5.41) is 4.90. The van der Waals surface area contributed by atoms with Crippen molar-refractivity contribution in [3.8, 4) is 11.5 Å². The van der Waals surface area contributed by atoms with Gasteiger partial charge < -0.3 is 20.1 Å². The van der Waals surface area contributed by atoms with E-state index in [-0.39, 0.29) is 12.1 Å². The molecule has 0 spiro atoms. The van der Waals surface area contributed by atoms with Crippen molar-refractivity contribution in [1.82, 2.24) is 5.32 Å². The molecular formula is C18H18F2N2O4. The highest BCUT2D eigenvalue weighted by Gasteiger charge is 2.15. The molecule has 138 valence electrons. The molecule has 0 unspecified atom stereocenters. The largest absolute Gasteiger partial charge is 0.493 e. The van der Waals surface area contributed by atoms with Crippen LogP contribution in [0.1, 0.15) is 15.9 Å². The number of rotatable bonds is 6. The summed E-state index contributed by atoms with van der Waals surface area (Å²) in [4.78, 5) is 23.9. The third kappa shape index (κ3) is 4.47. The zero-order valence-electron chi connectivity index (χ0n) is 14.5. The number of amides is 2. The van der Waals surface area contributed by atoms with E-state index in [0.717, 1.165) is 17.7 Å². The molecule has 8 heteroatoms. The summed E-state index contributed by atoms with van der Waals surface area (Å²) in [6, 6.07) is 5.86. The fourth-order valence-electron chi connectivity index (χ4n) is 2.24. The molecule has 2 N–H and O–H groups in total. The molecule has 0 saturated carbocycles. The van der Waals surface area contributed by atoms with Crippen LogP contribution in [0.5, 0.6) is 11.5 Å². The molecule has 2 amide bonds. The normalized spacial score (nSPS) is 10.2. The van der Waals surface area contributed by atoms with Gasteiger partial charge in [0.1, 0.15) is 11.6 Å². The van der Waals surface area contributed by atoms with Gasteiger partial charge in [-0.1, -0.05) is 0 Å².